The Morgan fingerprint density at radius 2 is 1.00 bits per heavy atom. The summed E-state index contributed by atoms with van der Waals surface area (Å²) in [6.45, 7) is 0. The maximum atomic E-state index is 2.26. The molecule has 0 spiro atoms. The number of hydrogen-bond donors (Lipinski definition) is 0. The van der Waals surface area contributed by atoms with E-state index in [1.807, 2.05) is 0 Å². The molecule has 3 aromatic rings. The summed E-state index contributed by atoms with van der Waals surface area (Å²) in [5, 5.41) is 0. The van der Waals surface area contributed by atoms with Crippen molar-refractivity contribution in [1.82, 2.24) is 0 Å². The standard InChI is InChI=1S/C19H17S2.CH4/c1-20-16-12-14-19(15-13-16)21(17-8-4-2-5-9-17)18-10-6-3-7-11-18;/h2-15H,1H3;1H4/q+1;. The van der Waals surface area contributed by atoms with E-state index in [2.05, 4.69) is 91.2 Å². The minimum Gasteiger partial charge on any atom is -0.130 e. The molecule has 0 radical (unpaired) electrons. The lowest BCUT2D eigenvalue weighted by Gasteiger charge is -2.08. The van der Waals surface area contributed by atoms with Crippen LogP contribution in [0.3, 0.4) is 0 Å². The summed E-state index contributed by atoms with van der Waals surface area (Å²) in [5.41, 5.74) is 0. The van der Waals surface area contributed by atoms with Gasteiger partial charge in [-0.05, 0) is 54.8 Å². The molecule has 2 heteroatoms. The molecule has 0 nitrogen and oxygen atoms in total. The molecule has 112 valence electrons. The van der Waals surface area contributed by atoms with Gasteiger partial charge in [0.2, 0.25) is 0 Å². The Morgan fingerprint density at radius 3 is 1.41 bits per heavy atom. The molecule has 0 aliphatic heterocycles. The van der Waals surface area contributed by atoms with Gasteiger partial charge in [0.05, 0.1) is 10.9 Å². The van der Waals surface area contributed by atoms with Crippen LogP contribution in [0.15, 0.2) is 105 Å². The third-order valence-electron chi connectivity index (χ3n) is 3.25. The van der Waals surface area contributed by atoms with Gasteiger partial charge in [-0.25, -0.2) is 0 Å². The molecule has 0 N–H and O–H groups in total. The molecular formula is C20H21S2+. The molecule has 0 aliphatic rings. The molecule has 0 aliphatic carbocycles. The summed E-state index contributed by atoms with van der Waals surface area (Å²) in [7, 11) is -0.0341. The number of benzene rings is 3. The molecule has 0 fully saturated rings. The van der Waals surface area contributed by atoms with Crippen molar-refractivity contribution in [3.8, 4) is 0 Å². The van der Waals surface area contributed by atoms with Crippen molar-refractivity contribution in [3.63, 3.8) is 0 Å². The summed E-state index contributed by atoms with van der Waals surface area (Å²) in [6.07, 6.45) is 2.11. The zero-order valence-corrected chi connectivity index (χ0v) is 13.5. The van der Waals surface area contributed by atoms with Gasteiger partial charge in [0.1, 0.15) is 0 Å². The summed E-state index contributed by atoms with van der Waals surface area (Å²) in [4.78, 5) is 5.40. The predicted octanol–water partition coefficient (Wildman–Crippen LogP) is 6.14. The van der Waals surface area contributed by atoms with E-state index in [0.717, 1.165) is 0 Å². The average molecular weight is 326 g/mol. The average Bonchev–Trinajstić information content (AvgIpc) is 2.58. The molecule has 0 saturated heterocycles. The van der Waals surface area contributed by atoms with Crippen molar-refractivity contribution in [2.75, 3.05) is 6.26 Å². The van der Waals surface area contributed by atoms with Gasteiger partial charge in [0.25, 0.3) is 0 Å². The van der Waals surface area contributed by atoms with Gasteiger partial charge in [0, 0.05) is 4.90 Å². The largest absolute Gasteiger partial charge is 0.166 e. The molecule has 0 saturated carbocycles. The first-order chi connectivity index (χ1) is 10.4. The van der Waals surface area contributed by atoms with Crippen molar-refractivity contribution < 1.29 is 0 Å². The summed E-state index contributed by atoms with van der Waals surface area (Å²) < 4.78 is 0. The van der Waals surface area contributed by atoms with Crippen molar-refractivity contribution in [1.29, 1.82) is 0 Å². The fraction of sp³-hybridized carbons (Fsp3) is 0.100. The first-order valence-electron chi connectivity index (χ1n) is 6.87. The third kappa shape index (κ3) is 3.76. The number of rotatable bonds is 4. The fourth-order valence-electron chi connectivity index (χ4n) is 2.23. The minimum atomic E-state index is -0.0341. The van der Waals surface area contributed by atoms with Crippen molar-refractivity contribution in [2.45, 2.75) is 27.0 Å². The van der Waals surface area contributed by atoms with E-state index in [0.29, 0.717) is 0 Å². The highest BCUT2D eigenvalue weighted by Crippen LogP contribution is 2.31. The zero-order valence-electron chi connectivity index (χ0n) is 11.9. The second-order valence-corrected chi connectivity index (χ2v) is 7.51. The lowest BCUT2D eigenvalue weighted by molar-refractivity contribution is 1.29. The van der Waals surface area contributed by atoms with Crippen LogP contribution in [0.2, 0.25) is 0 Å². The molecule has 22 heavy (non-hydrogen) atoms. The topological polar surface area (TPSA) is 0 Å². The third-order valence-corrected chi connectivity index (χ3v) is 6.23. The molecule has 0 heterocycles. The minimum absolute atomic E-state index is 0. The van der Waals surface area contributed by atoms with Gasteiger partial charge in [-0.15, -0.1) is 11.8 Å². The highest BCUT2D eigenvalue weighted by molar-refractivity contribution is 7.98. The quantitative estimate of drug-likeness (QED) is 0.410. The second-order valence-electron chi connectivity index (χ2n) is 4.61. The lowest BCUT2D eigenvalue weighted by Crippen LogP contribution is -2.04. The van der Waals surface area contributed by atoms with Crippen LogP contribution in [-0.2, 0) is 10.9 Å². The van der Waals surface area contributed by atoms with Gasteiger partial charge < -0.3 is 0 Å². The molecule has 3 rings (SSSR count). The van der Waals surface area contributed by atoms with Gasteiger partial charge in [0.15, 0.2) is 14.7 Å². The van der Waals surface area contributed by atoms with Crippen LogP contribution in [0.5, 0.6) is 0 Å². The van der Waals surface area contributed by atoms with Crippen LogP contribution >= 0.6 is 11.8 Å². The maximum Gasteiger partial charge on any atom is 0.166 e. The molecule has 0 atom stereocenters. The first kappa shape index (κ1) is 16.7. The van der Waals surface area contributed by atoms with Crippen LogP contribution in [0, 0.1) is 0 Å². The highest BCUT2D eigenvalue weighted by atomic mass is 32.2. The van der Waals surface area contributed by atoms with E-state index in [1.54, 1.807) is 11.8 Å². The molecule has 0 bridgehead atoms. The van der Waals surface area contributed by atoms with E-state index in [9.17, 15) is 0 Å². The van der Waals surface area contributed by atoms with Gasteiger partial charge >= 0.3 is 0 Å². The first-order valence-corrected chi connectivity index (χ1v) is 9.32. The SMILES string of the molecule is C.CSc1ccc([S+](c2ccccc2)c2ccccc2)cc1. The van der Waals surface area contributed by atoms with E-state index in [1.165, 1.54) is 19.6 Å². The predicted molar refractivity (Wildman–Crippen MR) is 100 cm³/mol. The second kappa shape index (κ2) is 8.11. The van der Waals surface area contributed by atoms with Crippen molar-refractivity contribution in [2.24, 2.45) is 0 Å². The Labute approximate surface area is 140 Å². The summed E-state index contributed by atoms with van der Waals surface area (Å²) in [6, 6.07) is 30.5. The monoisotopic (exact) mass is 325 g/mol. The van der Waals surface area contributed by atoms with E-state index in [-0.39, 0.29) is 18.3 Å². The highest BCUT2D eigenvalue weighted by Gasteiger charge is 2.27. The Kier molecular flexibility index (Phi) is 6.17. The Balaban J connectivity index is 0.00000176. The van der Waals surface area contributed by atoms with Gasteiger partial charge in [-0.1, -0.05) is 43.8 Å². The van der Waals surface area contributed by atoms with Crippen LogP contribution in [-0.4, -0.2) is 6.26 Å². The Hall–Kier alpha value is -1.64. The van der Waals surface area contributed by atoms with Crippen LogP contribution in [0.1, 0.15) is 7.43 Å². The smallest absolute Gasteiger partial charge is 0.130 e. The van der Waals surface area contributed by atoms with Crippen LogP contribution < -0.4 is 0 Å². The van der Waals surface area contributed by atoms with E-state index >= 15 is 0 Å². The maximum absolute atomic E-state index is 2.26. The Bertz CT molecular complexity index is 636. The van der Waals surface area contributed by atoms with Crippen molar-refractivity contribution >= 4 is 22.7 Å². The Morgan fingerprint density at radius 1 is 0.591 bits per heavy atom. The lowest BCUT2D eigenvalue weighted by atomic mass is 10.4. The van der Waals surface area contributed by atoms with Gasteiger partial charge in [-0.3, -0.25) is 0 Å². The number of thioether (sulfide) groups is 1. The van der Waals surface area contributed by atoms with E-state index in [4.69, 9.17) is 0 Å². The number of hydrogen-bond acceptors (Lipinski definition) is 1. The van der Waals surface area contributed by atoms with Crippen LogP contribution in [0.4, 0.5) is 0 Å². The van der Waals surface area contributed by atoms with E-state index < -0.39 is 0 Å². The van der Waals surface area contributed by atoms with Crippen molar-refractivity contribution in [3.05, 3.63) is 84.9 Å². The molecule has 0 unspecified atom stereocenters. The molecule has 3 aromatic carbocycles. The zero-order chi connectivity index (χ0) is 14.5. The normalized spacial score (nSPS) is 10.3. The summed E-state index contributed by atoms with van der Waals surface area (Å²) >= 11 is 1.78. The molecule has 0 amide bonds. The fourth-order valence-corrected chi connectivity index (χ4v) is 4.72. The van der Waals surface area contributed by atoms with Gasteiger partial charge in [-0.2, -0.15) is 0 Å². The summed E-state index contributed by atoms with van der Waals surface area (Å²) in [5.74, 6) is 0. The molecule has 0 aromatic heterocycles. The molecular weight excluding hydrogens is 304 g/mol. The van der Waals surface area contributed by atoms with Crippen LogP contribution in [0.25, 0.3) is 0 Å².